The fourth-order valence-electron chi connectivity index (χ4n) is 3.53. The highest BCUT2D eigenvalue weighted by molar-refractivity contribution is 5.44. The summed E-state index contributed by atoms with van der Waals surface area (Å²) >= 11 is 0. The van der Waals surface area contributed by atoms with Crippen LogP contribution >= 0.6 is 0 Å². The molecule has 2 aromatic rings. The van der Waals surface area contributed by atoms with Gasteiger partial charge in [-0.3, -0.25) is 14.8 Å². The van der Waals surface area contributed by atoms with E-state index in [0.717, 1.165) is 55.3 Å². The fourth-order valence-corrected chi connectivity index (χ4v) is 3.53. The molecule has 2 heterocycles. The van der Waals surface area contributed by atoms with E-state index < -0.39 is 6.10 Å². The molecule has 3 rings (SSSR count). The first-order chi connectivity index (χ1) is 13.0. The van der Waals surface area contributed by atoms with Gasteiger partial charge in [0.2, 0.25) is 0 Å². The number of pyridine rings is 1. The summed E-state index contributed by atoms with van der Waals surface area (Å²) in [6.45, 7) is 12.0. The van der Waals surface area contributed by atoms with E-state index in [0.29, 0.717) is 13.2 Å². The van der Waals surface area contributed by atoms with E-state index in [4.69, 9.17) is 4.74 Å². The second-order valence-electron chi connectivity index (χ2n) is 7.52. The quantitative estimate of drug-likeness (QED) is 0.813. The standard InChI is InChI=1S/C22H31N3O2/c1-17-7-8-18(2)22(19(17)3)27-16-21(26)15-25-12-10-24(11-13-25)14-20-6-4-5-9-23-20/h4-9,21,26H,10-16H2,1-3H3. The van der Waals surface area contributed by atoms with Crippen LogP contribution in [0.2, 0.25) is 0 Å². The Kier molecular flexibility index (Phi) is 6.83. The normalized spacial score (nSPS) is 17.0. The Morgan fingerprint density at radius 3 is 2.41 bits per heavy atom. The van der Waals surface area contributed by atoms with Crippen LogP contribution in [0.4, 0.5) is 0 Å². The molecular formula is C22H31N3O2. The first-order valence-electron chi connectivity index (χ1n) is 9.75. The van der Waals surface area contributed by atoms with Gasteiger partial charge in [-0.05, 0) is 49.6 Å². The maximum absolute atomic E-state index is 10.4. The van der Waals surface area contributed by atoms with E-state index in [1.807, 2.05) is 18.3 Å². The third-order valence-electron chi connectivity index (χ3n) is 5.34. The van der Waals surface area contributed by atoms with Crippen LogP contribution in [-0.2, 0) is 6.54 Å². The van der Waals surface area contributed by atoms with Gasteiger partial charge in [-0.1, -0.05) is 18.2 Å². The van der Waals surface area contributed by atoms with Crippen molar-refractivity contribution in [1.82, 2.24) is 14.8 Å². The summed E-state index contributed by atoms with van der Waals surface area (Å²) in [5.41, 5.74) is 4.61. The topological polar surface area (TPSA) is 48.8 Å². The number of aliphatic hydroxyl groups excluding tert-OH is 1. The van der Waals surface area contributed by atoms with Crippen molar-refractivity contribution in [3.63, 3.8) is 0 Å². The van der Waals surface area contributed by atoms with Crippen LogP contribution in [0, 0.1) is 20.8 Å². The molecule has 0 saturated carbocycles. The van der Waals surface area contributed by atoms with Gasteiger partial charge in [-0.2, -0.15) is 0 Å². The summed E-state index contributed by atoms with van der Waals surface area (Å²) in [4.78, 5) is 9.14. The Bertz CT molecular complexity index is 728. The number of hydrogen-bond acceptors (Lipinski definition) is 5. The van der Waals surface area contributed by atoms with Crippen LogP contribution in [0.25, 0.3) is 0 Å². The summed E-state index contributed by atoms with van der Waals surface area (Å²) in [5, 5.41) is 10.4. The van der Waals surface area contributed by atoms with Crippen molar-refractivity contribution in [2.24, 2.45) is 0 Å². The zero-order chi connectivity index (χ0) is 19.2. The van der Waals surface area contributed by atoms with Gasteiger partial charge < -0.3 is 9.84 Å². The SMILES string of the molecule is Cc1ccc(C)c(OCC(O)CN2CCN(Cc3ccccn3)CC2)c1C. The third kappa shape index (κ3) is 5.51. The zero-order valence-corrected chi connectivity index (χ0v) is 16.7. The largest absolute Gasteiger partial charge is 0.490 e. The molecule has 27 heavy (non-hydrogen) atoms. The minimum absolute atomic E-state index is 0.333. The Morgan fingerprint density at radius 2 is 1.70 bits per heavy atom. The van der Waals surface area contributed by atoms with Gasteiger partial charge >= 0.3 is 0 Å². The summed E-state index contributed by atoms with van der Waals surface area (Å²) in [5.74, 6) is 0.911. The molecular weight excluding hydrogens is 338 g/mol. The van der Waals surface area contributed by atoms with Crippen molar-refractivity contribution in [3.05, 3.63) is 58.9 Å². The average molecular weight is 370 g/mol. The lowest BCUT2D eigenvalue weighted by atomic mass is 10.1. The Labute approximate surface area is 162 Å². The number of β-amino-alcohol motifs (C(OH)–C–C–N with tert-alkyl or cyclic N) is 1. The van der Waals surface area contributed by atoms with E-state index >= 15 is 0 Å². The lowest BCUT2D eigenvalue weighted by molar-refractivity contribution is 0.0441. The molecule has 0 bridgehead atoms. The van der Waals surface area contributed by atoms with Crippen LogP contribution in [0.15, 0.2) is 36.5 Å². The van der Waals surface area contributed by atoms with Gasteiger partial charge in [0, 0.05) is 45.5 Å². The second kappa shape index (κ2) is 9.31. The number of piperazine rings is 1. The van der Waals surface area contributed by atoms with E-state index in [9.17, 15) is 5.11 Å². The smallest absolute Gasteiger partial charge is 0.125 e. The van der Waals surface area contributed by atoms with Crippen molar-refractivity contribution < 1.29 is 9.84 Å². The van der Waals surface area contributed by atoms with Crippen molar-refractivity contribution in [2.75, 3.05) is 39.3 Å². The molecule has 0 amide bonds. The molecule has 1 saturated heterocycles. The van der Waals surface area contributed by atoms with Gasteiger partial charge in [-0.25, -0.2) is 0 Å². The van der Waals surface area contributed by atoms with E-state index in [2.05, 4.69) is 53.8 Å². The maximum atomic E-state index is 10.4. The number of aryl methyl sites for hydroxylation is 2. The first-order valence-corrected chi connectivity index (χ1v) is 9.75. The number of nitrogens with zero attached hydrogens (tertiary/aromatic N) is 3. The summed E-state index contributed by atoms with van der Waals surface area (Å²) in [6.07, 6.45) is 1.37. The summed E-state index contributed by atoms with van der Waals surface area (Å²) < 4.78 is 5.96. The lowest BCUT2D eigenvalue weighted by Crippen LogP contribution is -2.48. The average Bonchev–Trinajstić information content (AvgIpc) is 2.67. The monoisotopic (exact) mass is 369 g/mol. The van der Waals surface area contributed by atoms with Crippen LogP contribution < -0.4 is 4.74 Å². The lowest BCUT2D eigenvalue weighted by Gasteiger charge is -2.35. The van der Waals surface area contributed by atoms with Crippen molar-refractivity contribution in [3.8, 4) is 5.75 Å². The number of aromatic nitrogens is 1. The van der Waals surface area contributed by atoms with Gasteiger partial charge in [0.1, 0.15) is 18.5 Å². The Morgan fingerprint density at radius 1 is 1.00 bits per heavy atom. The Balaban J connectivity index is 1.42. The van der Waals surface area contributed by atoms with Crippen molar-refractivity contribution in [2.45, 2.75) is 33.4 Å². The maximum Gasteiger partial charge on any atom is 0.125 e. The van der Waals surface area contributed by atoms with Crippen molar-refractivity contribution >= 4 is 0 Å². The highest BCUT2D eigenvalue weighted by atomic mass is 16.5. The molecule has 1 N–H and O–H groups in total. The van der Waals surface area contributed by atoms with Crippen LogP contribution in [0.3, 0.4) is 0 Å². The van der Waals surface area contributed by atoms with Crippen LogP contribution in [0.5, 0.6) is 5.75 Å². The summed E-state index contributed by atoms with van der Waals surface area (Å²) in [7, 11) is 0. The number of benzene rings is 1. The highest BCUT2D eigenvalue weighted by Gasteiger charge is 2.20. The van der Waals surface area contributed by atoms with Crippen molar-refractivity contribution in [1.29, 1.82) is 0 Å². The number of aliphatic hydroxyl groups is 1. The number of rotatable bonds is 7. The third-order valence-corrected chi connectivity index (χ3v) is 5.34. The van der Waals surface area contributed by atoms with Crippen LogP contribution in [0.1, 0.15) is 22.4 Å². The minimum Gasteiger partial charge on any atom is -0.490 e. The molecule has 0 spiro atoms. The predicted octanol–water partition coefficient (Wildman–Crippen LogP) is 2.56. The molecule has 1 aliphatic heterocycles. The molecule has 1 unspecified atom stereocenters. The molecule has 146 valence electrons. The number of hydrogen-bond donors (Lipinski definition) is 1. The summed E-state index contributed by atoms with van der Waals surface area (Å²) in [6, 6.07) is 10.2. The minimum atomic E-state index is -0.480. The molecule has 1 aromatic carbocycles. The van der Waals surface area contributed by atoms with Gasteiger partial charge in [0.15, 0.2) is 0 Å². The highest BCUT2D eigenvalue weighted by Crippen LogP contribution is 2.25. The number of ether oxygens (including phenoxy) is 1. The molecule has 1 atom stereocenters. The van der Waals surface area contributed by atoms with E-state index in [1.165, 1.54) is 5.56 Å². The van der Waals surface area contributed by atoms with Gasteiger partial charge in [-0.15, -0.1) is 0 Å². The molecule has 1 fully saturated rings. The van der Waals surface area contributed by atoms with Crippen LogP contribution in [-0.4, -0.2) is 65.3 Å². The molecule has 1 aromatic heterocycles. The zero-order valence-electron chi connectivity index (χ0n) is 16.7. The van der Waals surface area contributed by atoms with Gasteiger partial charge in [0.25, 0.3) is 0 Å². The molecule has 5 nitrogen and oxygen atoms in total. The second-order valence-corrected chi connectivity index (χ2v) is 7.52. The molecule has 0 radical (unpaired) electrons. The van der Waals surface area contributed by atoms with Gasteiger partial charge in [0.05, 0.1) is 5.69 Å². The molecule has 5 heteroatoms. The molecule has 0 aliphatic carbocycles. The van der Waals surface area contributed by atoms with E-state index in [-0.39, 0.29) is 0 Å². The van der Waals surface area contributed by atoms with E-state index in [1.54, 1.807) is 0 Å². The molecule has 1 aliphatic rings. The predicted molar refractivity (Wildman–Crippen MR) is 108 cm³/mol. The Hall–Kier alpha value is -1.95. The fraction of sp³-hybridized carbons (Fsp3) is 0.500. The first kappa shape index (κ1) is 19.8.